The number of hydrogen-bond acceptors (Lipinski definition) is 5. The molecule has 0 radical (unpaired) electrons. The van der Waals surface area contributed by atoms with Crippen molar-refractivity contribution < 1.29 is 115 Å². The van der Waals surface area contributed by atoms with Gasteiger partial charge in [0.25, 0.3) is 0 Å². The standard InChI is InChI=1S/C49H15F21O5S/c50-16-11-13-19(14-12-16)76(17-7-3-1-4-8-17,18-9-5-2-6-10-18)75-49(71)20-15-21(72-46-38(65)32(59)29(56)33(60)39(46)66)44(73-47-40(67)34(61)30(57)35(62)41(47)68)45(74-48-42(69)36(63)31(58)37(64)43(48)70)22(20)23-24(51)26(53)28(55)27(54)25(23)52/h1-15H. The fourth-order valence-corrected chi connectivity index (χ4v) is 10.0. The van der Waals surface area contributed by atoms with Crippen LogP contribution in [0, 0.1) is 122 Å². The molecule has 0 saturated carbocycles. The Balaban J connectivity index is 1.63. The number of carbonyl (C=O) groups excluding carboxylic acids is 1. The first kappa shape index (κ1) is 53.8. The smallest absolute Gasteiger partial charge is 0.350 e. The summed E-state index contributed by atoms with van der Waals surface area (Å²) in [5.74, 6) is -81.4. The minimum absolute atomic E-state index is 0.180. The highest BCUT2D eigenvalue weighted by Crippen LogP contribution is 2.70. The van der Waals surface area contributed by atoms with Crippen LogP contribution in [0.1, 0.15) is 10.4 Å². The molecule has 76 heavy (non-hydrogen) atoms. The Hall–Kier alpha value is -8.49. The van der Waals surface area contributed by atoms with Crippen molar-refractivity contribution in [2.75, 3.05) is 0 Å². The summed E-state index contributed by atoms with van der Waals surface area (Å²) in [7, 11) is -4.09. The molecule has 8 rings (SSSR count). The van der Waals surface area contributed by atoms with Crippen molar-refractivity contribution in [3.63, 3.8) is 0 Å². The molecule has 394 valence electrons. The normalized spacial score (nSPS) is 11.8. The second kappa shape index (κ2) is 20.3. The Morgan fingerprint density at radius 3 is 0.974 bits per heavy atom. The number of benzene rings is 8. The highest BCUT2D eigenvalue weighted by molar-refractivity contribution is 8.30. The van der Waals surface area contributed by atoms with Gasteiger partial charge in [0.2, 0.25) is 116 Å². The van der Waals surface area contributed by atoms with Crippen LogP contribution in [0.25, 0.3) is 11.1 Å². The number of carbonyl (C=O) groups is 1. The first-order valence-electron chi connectivity index (χ1n) is 20.1. The van der Waals surface area contributed by atoms with E-state index in [1.807, 2.05) is 0 Å². The quantitative estimate of drug-likeness (QED) is 0.0693. The van der Waals surface area contributed by atoms with Crippen molar-refractivity contribution >= 4 is 16.3 Å². The van der Waals surface area contributed by atoms with Gasteiger partial charge < -0.3 is 18.4 Å². The van der Waals surface area contributed by atoms with Gasteiger partial charge >= 0.3 is 5.97 Å². The van der Waals surface area contributed by atoms with Crippen LogP contribution in [0.4, 0.5) is 92.2 Å². The fourth-order valence-electron chi connectivity index (χ4n) is 7.02. The van der Waals surface area contributed by atoms with Crippen molar-refractivity contribution in [2.24, 2.45) is 0 Å². The van der Waals surface area contributed by atoms with Crippen LogP contribution >= 0.6 is 10.3 Å². The first-order valence-corrected chi connectivity index (χ1v) is 21.7. The third-order valence-electron chi connectivity index (χ3n) is 10.5. The van der Waals surface area contributed by atoms with Crippen molar-refractivity contribution in [2.45, 2.75) is 14.7 Å². The molecule has 8 aromatic carbocycles. The van der Waals surface area contributed by atoms with Crippen LogP contribution in [-0.4, -0.2) is 5.97 Å². The van der Waals surface area contributed by atoms with Gasteiger partial charge in [-0.3, -0.25) is 0 Å². The lowest BCUT2D eigenvalue weighted by atomic mass is 9.95. The molecule has 0 amide bonds. The summed E-state index contributed by atoms with van der Waals surface area (Å²) in [6.45, 7) is 0. The maximum atomic E-state index is 16.5. The number of rotatable bonds is 12. The molecule has 0 aliphatic carbocycles. The van der Waals surface area contributed by atoms with Crippen LogP contribution in [0.15, 0.2) is 106 Å². The molecule has 27 heteroatoms. The van der Waals surface area contributed by atoms with E-state index in [1.165, 1.54) is 60.7 Å². The third kappa shape index (κ3) is 8.75. The van der Waals surface area contributed by atoms with Gasteiger partial charge in [0.1, 0.15) is 5.82 Å². The summed E-state index contributed by atoms with van der Waals surface area (Å²) in [4.78, 5) is 14.7. The van der Waals surface area contributed by atoms with Crippen LogP contribution in [0.5, 0.6) is 34.5 Å². The maximum Gasteiger partial charge on any atom is 0.350 e. The van der Waals surface area contributed by atoms with E-state index in [0.29, 0.717) is 0 Å². The SMILES string of the molecule is O=C(OS(c1ccccc1)(c1ccccc1)c1ccc(F)cc1)c1cc(Oc2c(F)c(F)c(F)c(F)c2F)c(Oc2c(F)c(F)c(F)c(F)c2F)c(Oc2c(F)c(F)c(F)c(F)c2F)c1-c1c(F)c(F)c(F)c(F)c1F. The monoisotopic (exact) mass is 1110 g/mol. The predicted molar refractivity (Wildman–Crippen MR) is 218 cm³/mol. The molecule has 0 bridgehead atoms. The molecule has 0 N–H and O–H groups in total. The molecule has 0 unspecified atom stereocenters. The summed E-state index contributed by atoms with van der Waals surface area (Å²) in [6.07, 6.45) is 0. The topological polar surface area (TPSA) is 54.0 Å². The number of halogens is 21. The molecule has 0 aliphatic rings. The lowest BCUT2D eigenvalue weighted by molar-refractivity contribution is 0.0757. The first-order chi connectivity index (χ1) is 35.9. The lowest BCUT2D eigenvalue weighted by Gasteiger charge is -2.40. The zero-order valence-corrected chi connectivity index (χ0v) is 36.9. The largest absolute Gasteiger partial charge is 0.447 e. The summed E-state index contributed by atoms with van der Waals surface area (Å²) in [6, 6.07) is 15.6. The molecule has 0 aliphatic heterocycles. The molecule has 0 aromatic heterocycles. The average molecular weight is 1110 g/mol. The number of ether oxygens (including phenoxy) is 3. The van der Waals surface area contributed by atoms with E-state index in [1.54, 1.807) is 0 Å². The van der Waals surface area contributed by atoms with Gasteiger partial charge in [0.15, 0.2) is 34.8 Å². The minimum Gasteiger partial charge on any atom is -0.447 e. The molecular formula is C49H15F21O5S. The van der Waals surface area contributed by atoms with E-state index >= 15 is 48.7 Å². The van der Waals surface area contributed by atoms with Crippen LogP contribution in [-0.2, 0) is 4.18 Å². The summed E-state index contributed by atoms with van der Waals surface area (Å²) in [5, 5.41) is 0. The zero-order chi connectivity index (χ0) is 55.6. The summed E-state index contributed by atoms with van der Waals surface area (Å²) in [5.41, 5.74) is -7.30. The second-order valence-electron chi connectivity index (χ2n) is 14.9. The van der Waals surface area contributed by atoms with Gasteiger partial charge in [-0.15, -0.1) is 0 Å². The lowest BCUT2D eigenvalue weighted by Crippen LogP contribution is -2.17. The van der Waals surface area contributed by atoms with Crippen LogP contribution in [0.2, 0.25) is 0 Å². The van der Waals surface area contributed by atoms with Gasteiger partial charge in [0, 0.05) is 26.3 Å². The molecular weight excluding hydrogens is 1100 g/mol. The van der Waals surface area contributed by atoms with Crippen LogP contribution < -0.4 is 14.2 Å². The molecule has 0 spiro atoms. The van der Waals surface area contributed by atoms with Gasteiger partial charge in [0.05, 0.1) is 11.1 Å². The van der Waals surface area contributed by atoms with Gasteiger partial charge in [-0.05, 0) is 58.8 Å². The summed E-state index contributed by atoms with van der Waals surface area (Å²) < 4.78 is 339. The Morgan fingerprint density at radius 1 is 0.303 bits per heavy atom. The molecule has 0 heterocycles. The Bertz CT molecular complexity index is 3540. The molecule has 8 aromatic rings. The van der Waals surface area contributed by atoms with E-state index in [0.717, 1.165) is 24.3 Å². The van der Waals surface area contributed by atoms with Crippen LogP contribution in [0.3, 0.4) is 0 Å². The predicted octanol–water partition coefficient (Wildman–Crippen LogP) is 16.7. The molecule has 5 nitrogen and oxygen atoms in total. The van der Waals surface area contributed by atoms with Gasteiger partial charge in [-0.25, -0.2) is 70.7 Å². The Morgan fingerprint density at radius 2 is 0.605 bits per heavy atom. The molecule has 0 saturated heterocycles. The molecule has 0 atom stereocenters. The van der Waals surface area contributed by atoms with Crippen molar-refractivity contribution in [3.8, 4) is 45.6 Å². The zero-order valence-electron chi connectivity index (χ0n) is 36.0. The maximum absolute atomic E-state index is 16.5. The molecule has 0 fully saturated rings. The second-order valence-corrected chi connectivity index (χ2v) is 17.6. The highest BCUT2D eigenvalue weighted by Gasteiger charge is 2.43. The Labute approximate surface area is 410 Å². The average Bonchev–Trinajstić information content (AvgIpc) is 3.43. The van der Waals surface area contributed by atoms with E-state index < -0.39 is 196 Å². The van der Waals surface area contributed by atoms with Crippen molar-refractivity contribution in [1.29, 1.82) is 0 Å². The van der Waals surface area contributed by atoms with E-state index in [-0.39, 0.29) is 14.7 Å². The van der Waals surface area contributed by atoms with Crippen molar-refractivity contribution in [3.05, 3.63) is 219 Å². The number of hydrogen-bond donors (Lipinski definition) is 0. The van der Waals surface area contributed by atoms with E-state index in [9.17, 15) is 48.3 Å². The highest BCUT2D eigenvalue weighted by atomic mass is 32.3. The minimum atomic E-state index is -4.09. The van der Waals surface area contributed by atoms with Crippen molar-refractivity contribution in [1.82, 2.24) is 0 Å². The van der Waals surface area contributed by atoms with Gasteiger partial charge in [-0.1, -0.05) is 36.4 Å². The fraction of sp³-hybridized carbons (Fsp3) is 0. The van der Waals surface area contributed by atoms with E-state index in [4.69, 9.17) is 18.4 Å². The summed E-state index contributed by atoms with van der Waals surface area (Å²) >= 11 is 0. The van der Waals surface area contributed by atoms with E-state index in [2.05, 4.69) is 0 Å². The third-order valence-corrected chi connectivity index (χ3v) is 13.7. The Kier molecular flexibility index (Phi) is 14.4. The van der Waals surface area contributed by atoms with Gasteiger partial charge in [-0.2, -0.15) is 26.3 Å².